The summed E-state index contributed by atoms with van der Waals surface area (Å²) < 4.78 is 3.74. The first kappa shape index (κ1) is 21.4. The molecule has 3 heterocycles. The maximum atomic E-state index is 4.70. The molecule has 0 aliphatic carbocycles. The van der Waals surface area contributed by atoms with Crippen molar-refractivity contribution in [1.82, 2.24) is 9.55 Å². The Morgan fingerprint density at radius 1 is 0.500 bits per heavy atom. The van der Waals surface area contributed by atoms with Crippen LogP contribution in [0.3, 0.4) is 0 Å². The van der Waals surface area contributed by atoms with Gasteiger partial charge in [0.15, 0.2) is 0 Å². The van der Waals surface area contributed by atoms with Crippen molar-refractivity contribution in [3.8, 4) is 27.9 Å². The fourth-order valence-corrected chi connectivity index (χ4v) is 6.90. The van der Waals surface area contributed by atoms with Crippen molar-refractivity contribution in [2.75, 3.05) is 0 Å². The molecule has 0 amide bonds. The fourth-order valence-electron chi connectivity index (χ4n) is 5.72. The van der Waals surface area contributed by atoms with E-state index in [-0.39, 0.29) is 0 Å². The van der Waals surface area contributed by atoms with Gasteiger partial charge in [0.1, 0.15) is 4.83 Å². The van der Waals surface area contributed by atoms with Crippen LogP contribution in [0.4, 0.5) is 0 Å². The highest BCUT2D eigenvalue weighted by Crippen LogP contribution is 2.43. The highest BCUT2D eigenvalue weighted by molar-refractivity contribution is 7.26. The third-order valence-electron chi connectivity index (χ3n) is 7.44. The molecule has 0 atom stereocenters. The van der Waals surface area contributed by atoms with E-state index in [9.17, 15) is 0 Å². The molecule has 0 N–H and O–H groups in total. The lowest BCUT2D eigenvalue weighted by atomic mass is 9.98. The van der Waals surface area contributed by atoms with Gasteiger partial charge in [0.25, 0.3) is 0 Å². The topological polar surface area (TPSA) is 17.8 Å². The molecule has 0 spiro atoms. The van der Waals surface area contributed by atoms with Gasteiger partial charge < -0.3 is 4.57 Å². The molecule has 0 bridgehead atoms. The number of para-hydroxylation sites is 1. The van der Waals surface area contributed by atoms with E-state index < -0.39 is 0 Å². The molecule has 0 fully saturated rings. The van der Waals surface area contributed by atoms with Gasteiger partial charge in [0.2, 0.25) is 0 Å². The van der Waals surface area contributed by atoms with Gasteiger partial charge in [-0.2, -0.15) is 0 Å². The van der Waals surface area contributed by atoms with Crippen LogP contribution in [0.1, 0.15) is 0 Å². The molecule has 3 heteroatoms. The van der Waals surface area contributed by atoms with Gasteiger partial charge in [0, 0.05) is 33.4 Å². The third kappa shape index (κ3) is 3.22. The quantitative estimate of drug-likeness (QED) is 0.235. The first-order chi connectivity index (χ1) is 18.8. The van der Waals surface area contributed by atoms with E-state index in [2.05, 4.69) is 126 Å². The molecular weight excluding hydrogens is 480 g/mol. The summed E-state index contributed by atoms with van der Waals surface area (Å²) in [4.78, 5) is 5.78. The van der Waals surface area contributed by atoms with E-state index in [0.717, 1.165) is 10.5 Å². The minimum Gasteiger partial charge on any atom is -0.308 e. The standard InChI is InChI=1S/C35H22N2S/c1-3-10-23(11-4-1)25-20-26(24-12-5-2-6-13-24)22-27(21-25)37-32-16-8-7-14-28(32)29-17-18-30-31-15-9-19-36-35(31)38-34(30)33(29)37/h1-22H. The van der Waals surface area contributed by atoms with Gasteiger partial charge in [-0.3, -0.25) is 0 Å². The molecule has 0 aliphatic rings. The van der Waals surface area contributed by atoms with E-state index in [1.165, 1.54) is 59.5 Å². The number of rotatable bonds is 3. The summed E-state index contributed by atoms with van der Waals surface area (Å²) in [5, 5.41) is 5.01. The Balaban J connectivity index is 1.53. The van der Waals surface area contributed by atoms with E-state index in [1.54, 1.807) is 11.3 Å². The predicted octanol–water partition coefficient (Wildman–Crippen LogP) is 9.88. The predicted molar refractivity (Wildman–Crippen MR) is 162 cm³/mol. The maximum absolute atomic E-state index is 4.70. The highest BCUT2D eigenvalue weighted by atomic mass is 32.1. The number of hydrogen-bond acceptors (Lipinski definition) is 2. The van der Waals surface area contributed by atoms with E-state index in [0.29, 0.717) is 0 Å². The number of aromatic nitrogens is 2. The van der Waals surface area contributed by atoms with Crippen LogP contribution in [0.5, 0.6) is 0 Å². The second-order valence-corrected chi connectivity index (χ2v) is 10.6. The molecule has 3 aromatic heterocycles. The summed E-state index contributed by atoms with van der Waals surface area (Å²) in [5.41, 5.74) is 8.46. The smallest absolute Gasteiger partial charge is 0.124 e. The van der Waals surface area contributed by atoms with Crippen LogP contribution in [0.25, 0.3) is 70.0 Å². The third-order valence-corrected chi connectivity index (χ3v) is 8.58. The van der Waals surface area contributed by atoms with Crippen LogP contribution in [0, 0.1) is 0 Å². The number of fused-ring (bicyclic) bond motifs is 7. The van der Waals surface area contributed by atoms with Gasteiger partial charge in [-0.1, -0.05) is 91.0 Å². The van der Waals surface area contributed by atoms with Crippen molar-refractivity contribution in [2.45, 2.75) is 0 Å². The molecule has 2 nitrogen and oxygen atoms in total. The minimum atomic E-state index is 1.08. The molecule has 5 aromatic carbocycles. The Hall–Kier alpha value is -4.73. The number of thiophene rings is 1. The Morgan fingerprint density at radius 3 is 1.87 bits per heavy atom. The van der Waals surface area contributed by atoms with Gasteiger partial charge in [-0.25, -0.2) is 4.98 Å². The van der Waals surface area contributed by atoms with Gasteiger partial charge in [-0.15, -0.1) is 11.3 Å². The van der Waals surface area contributed by atoms with Crippen LogP contribution in [0.2, 0.25) is 0 Å². The van der Waals surface area contributed by atoms with Crippen LogP contribution in [-0.2, 0) is 0 Å². The van der Waals surface area contributed by atoms with Crippen molar-refractivity contribution in [2.24, 2.45) is 0 Å². The van der Waals surface area contributed by atoms with Crippen molar-refractivity contribution in [3.63, 3.8) is 0 Å². The second kappa shape index (κ2) is 8.41. The zero-order valence-corrected chi connectivity index (χ0v) is 21.3. The lowest BCUT2D eigenvalue weighted by Gasteiger charge is -2.14. The molecule has 0 radical (unpaired) electrons. The molecule has 0 unspecified atom stereocenters. The largest absolute Gasteiger partial charge is 0.308 e. The molecule has 8 rings (SSSR count). The first-order valence-corrected chi connectivity index (χ1v) is 13.6. The summed E-state index contributed by atoms with van der Waals surface area (Å²) in [6.07, 6.45) is 1.89. The molecule has 0 saturated carbocycles. The fraction of sp³-hybridized carbons (Fsp3) is 0. The Kier molecular flexibility index (Phi) is 4.73. The molecule has 0 aliphatic heterocycles. The number of nitrogens with zero attached hydrogens (tertiary/aromatic N) is 2. The van der Waals surface area contributed by atoms with Gasteiger partial charge in [0.05, 0.1) is 15.7 Å². The summed E-state index contributed by atoms with van der Waals surface area (Å²) in [6.45, 7) is 0. The average Bonchev–Trinajstić information content (AvgIpc) is 3.54. The van der Waals surface area contributed by atoms with Crippen molar-refractivity contribution >= 4 is 53.4 Å². The Labute approximate surface area is 224 Å². The number of hydrogen-bond donors (Lipinski definition) is 0. The Morgan fingerprint density at radius 2 is 1.13 bits per heavy atom. The minimum absolute atomic E-state index is 1.08. The van der Waals surface area contributed by atoms with Crippen LogP contribution >= 0.6 is 11.3 Å². The Bertz CT molecular complexity index is 2060. The van der Waals surface area contributed by atoms with E-state index in [4.69, 9.17) is 4.98 Å². The van der Waals surface area contributed by atoms with Crippen molar-refractivity contribution < 1.29 is 0 Å². The van der Waals surface area contributed by atoms with Gasteiger partial charge >= 0.3 is 0 Å². The highest BCUT2D eigenvalue weighted by Gasteiger charge is 2.19. The molecule has 38 heavy (non-hydrogen) atoms. The van der Waals surface area contributed by atoms with Crippen molar-refractivity contribution in [1.29, 1.82) is 0 Å². The summed E-state index contributed by atoms with van der Waals surface area (Å²) in [5.74, 6) is 0. The van der Waals surface area contributed by atoms with Gasteiger partial charge in [-0.05, 0) is 58.7 Å². The van der Waals surface area contributed by atoms with Crippen LogP contribution in [-0.4, -0.2) is 9.55 Å². The normalized spacial score (nSPS) is 11.7. The molecular formula is C35H22N2S. The lowest BCUT2D eigenvalue weighted by molar-refractivity contribution is 1.19. The number of benzene rings is 5. The lowest BCUT2D eigenvalue weighted by Crippen LogP contribution is -1.96. The second-order valence-electron chi connectivity index (χ2n) is 9.65. The first-order valence-electron chi connectivity index (χ1n) is 12.8. The van der Waals surface area contributed by atoms with E-state index in [1.807, 2.05) is 12.3 Å². The van der Waals surface area contributed by atoms with E-state index >= 15 is 0 Å². The zero-order valence-electron chi connectivity index (χ0n) is 20.5. The average molecular weight is 503 g/mol. The number of pyridine rings is 1. The zero-order chi connectivity index (χ0) is 25.1. The molecule has 8 aromatic rings. The summed E-state index contributed by atoms with van der Waals surface area (Å²) >= 11 is 1.78. The summed E-state index contributed by atoms with van der Waals surface area (Å²) in [6, 6.07) is 45.8. The SMILES string of the molecule is c1ccc(-c2cc(-c3ccccc3)cc(-n3c4ccccc4c4ccc5c6cccnc6sc5c43)c2)cc1. The van der Waals surface area contributed by atoms with Crippen molar-refractivity contribution in [3.05, 3.63) is 134 Å². The summed E-state index contributed by atoms with van der Waals surface area (Å²) in [7, 11) is 0. The maximum Gasteiger partial charge on any atom is 0.124 e. The van der Waals surface area contributed by atoms with Crippen LogP contribution < -0.4 is 0 Å². The molecule has 178 valence electrons. The monoisotopic (exact) mass is 502 g/mol. The van der Waals surface area contributed by atoms with Crippen LogP contribution in [0.15, 0.2) is 134 Å². The molecule has 0 saturated heterocycles.